The summed E-state index contributed by atoms with van der Waals surface area (Å²) in [6.45, 7) is 3.97. The maximum absolute atomic E-state index is 12.5. The van der Waals surface area contributed by atoms with Crippen molar-refractivity contribution < 1.29 is 22.6 Å². The van der Waals surface area contributed by atoms with Gasteiger partial charge in [-0.1, -0.05) is 6.07 Å². The minimum absolute atomic E-state index is 0.0771. The first kappa shape index (κ1) is 23.5. The molecule has 0 aliphatic heterocycles. The normalized spacial score (nSPS) is 11.5. The van der Waals surface area contributed by atoms with Crippen LogP contribution >= 0.6 is 0 Å². The minimum atomic E-state index is -3.64. The molecule has 0 bridgehead atoms. The van der Waals surface area contributed by atoms with Crippen LogP contribution in [-0.4, -0.2) is 55.6 Å². The van der Waals surface area contributed by atoms with Gasteiger partial charge in [-0.2, -0.15) is 4.52 Å². The number of hydrogen-bond donors (Lipinski definition) is 1. The quantitative estimate of drug-likeness (QED) is 0.361. The van der Waals surface area contributed by atoms with Crippen molar-refractivity contribution in [3.8, 4) is 28.8 Å². The van der Waals surface area contributed by atoms with E-state index in [0.717, 1.165) is 11.1 Å². The largest absolute Gasteiger partial charge is 0.497 e. The average Bonchev–Trinajstić information content (AvgIpc) is 3.26. The first-order valence-electron chi connectivity index (χ1n) is 10.5. The molecule has 0 saturated heterocycles. The van der Waals surface area contributed by atoms with Gasteiger partial charge in [0.25, 0.3) is 0 Å². The fraction of sp³-hybridized carbons (Fsp3) is 0.261. The van der Waals surface area contributed by atoms with Crippen LogP contribution in [0.25, 0.3) is 17.0 Å². The first-order valence-corrected chi connectivity index (χ1v) is 12.0. The molecule has 178 valence electrons. The number of ether oxygens (including phenoxy) is 3. The van der Waals surface area contributed by atoms with Crippen LogP contribution in [0, 0.1) is 13.8 Å². The van der Waals surface area contributed by atoms with Crippen LogP contribution in [-0.2, 0) is 10.0 Å². The molecule has 0 atom stereocenters. The third-order valence-corrected chi connectivity index (χ3v) is 6.78. The van der Waals surface area contributed by atoms with Gasteiger partial charge in [-0.25, -0.2) is 13.1 Å². The standard InChI is InChI=1S/C23H25N5O5S/c1-15-5-7-18(13-16(15)2)34(29,30)24-11-12-33-22-10-9-21-25-26-23(28(21)27-22)19-14-17(31-3)6-8-20(19)32-4/h5-10,13-14,24H,11-12H2,1-4H3. The Kier molecular flexibility index (Phi) is 6.66. The molecule has 0 unspecified atom stereocenters. The van der Waals surface area contributed by atoms with Crippen molar-refractivity contribution in [1.82, 2.24) is 24.5 Å². The molecular formula is C23H25N5O5S. The number of methoxy groups -OCH3 is 2. The summed E-state index contributed by atoms with van der Waals surface area (Å²) in [6.07, 6.45) is 0. The highest BCUT2D eigenvalue weighted by Crippen LogP contribution is 2.32. The number of nitrogens with zero attached hydrogens (tertiary/aromatic N) is 4. The summed E-state index contributed by atoms with van der Waals surface area (Å²) in [4.78, 5) is 0.219. The number of aryl methyl sites for hydroxylation is 2. The Hall–Kier alpha value is -3.70. The molecule has 4 aromatic rings. The van der Waals surface area contributed by atoms with Crippen LogP contribution in [0.4, 0.5) is 0 Å². The van der Waals surface area contributed by atoms with Crippen molar-refractivity contribution >= 4 is 15.7 Å². The molecule has 2 aromatic heterocycles. The second-order valence-corrected chi connectivity index (χ2v) is 9.29. The summed E-state index contributed by atoms with van der Waals surface area (Å²) in [7, 11) is -0.498. The molecule has 2 aromatic carbocycles. The van der Waals surface area contributed by atoms with Crippen molar-refractivity contribution in [2.24, 2.45) is 0 Å². The molecule has 10 nitrogen and oxygen atoms in total. The second-order valence-electron chi connectivity index (χ2n) is 7.52. The van der Waals surface area contributed by atoms with Crippen LogP contribution < -0.4 is 18.9 Å². The van der Waals surface area contributed by atoms with Gasteiger partial charge in [-0.3, -0.25) is 0 Å². The predicted molar refractivity (Wildman–Crippen MR) is 126 cm³/mol. The molecule has 4 rings (SSSR count). The number of nitrogens with one attached hydrogen (secondary N) is 1. The Morgan fingerprint density at radius 2 is 1.76 bits per heavy atom. The fourth-order valence-electron chi connectivity index (χ4n) is 3.30. The van der Waals surface area contributed by atoms with Gasteiger partial charge in [0.15, 0.2) is 11.5 Å². The Labute approximate surface area is 197 Å². The molecule has 0 aliphatic carbocycles. The van der Waals surface area contributed by atoms with E-state index in [-0.39, 0.29) is 18.0 Å². The number of hydrogen-bond acceptors (Lipinski definition) is 8. The maximum Gasteiger partial charge on any atom is 0.240 e. The van der Waals surface area contributed by atoms with E-state index in [9.17, 15) is 8.42 Å². The van der Waals surface area contributed by atoms with E-state index < -0.39 is 10.0 Å². The summed E-state index contributed by atoms with van der Waals surface area (Å²) >= 11 is 0. The molecule has 0 fully saturated rings. The van der Waals surface area contributed by atoms with Crippen molar-refractivity contribution in [1.29, 1.82) is 0 Å². The van der Waals surface area contributed by atoms with Crippen molar-refractivity contribution in [2.75, 3.05) is 27.4 Å². The number of aromatic nitrogens is 4. The van der Waals surface area contributed by atoms with Crippen molar-refractivity contribution in [3.63, 3.8) is 0 Å². The highest BCUT2D eigenvalue weighted by Gasteiger charge is 2.17. The molecule has 1 N–H and O–H groups in total. The summed E-state index contributed by atoms with van der Waals surface area (Å²) < 4.78 is 45.6. The van der Waals surface area contributed by atoms with E-state index in [2.05, 4.69) is 20.0 Å². The van der Waals surface area contributed by atoms with E-state index in [0.29, 0.717) is 34.4 Å². The SMILES string of the molecule is COc1ccc(OC)c(-c2nnc3ccc(OCCNS(=O)(=O)c4ccc(C)c(C)c4)nn23)c1. The minimum Gasteiger partial charge on any atom is -0.497 e. The summed E-state index contributed by atoms with van der Waals surface area (Å²) in [5.41, 5.74) is 3.11. The zero-order valence-corrected chi connectivity index (χ0v) is 20.1. The van der Waals surface area contributed by atoms with Crippen LogP contribution in [0.1, 0.15) is 11.1 Å². The van der Waals surface area contributed by atoms with Gasteiger partial charge < -0.3 is 14.2 Å². The smallest absolute Gasteiger partial charge is 0.240 e. The monoisotopic (exact) mass is 483 g/mol. The average molecular weight is 484 g/mol. The summed E-state index contributed by atoms with van der Waals surface area (Å²) in [6, 6.07) is 13.7. The predicted octanol–water partition coefficient (Wildman–Crippen LogP) is 2.78. The van der Waals surface area contributed by atoms with Gasteiger partial charge in [0.1, 0.15) is 18.1 Å². The molecule has 0 amide bonds. The lowest BCUT2D eigenvalue weighted by Gasteiger charge is -2.10. The van der Waals surface area contributed by atoms with E-state index in [1.165, 1.54) is 4.52 Å². The Morgan fingerprint density at radius 1 is 0.941 bits per heavy atom. The molecule has 0 spiro atoms. The Balaban J connectivity index is 1.48. The van der Waals surface area contributed by atoms with Crippen LogP contribution in [0.15, 0.2) is 53.4 Å². The summed E-state index contributed by atoms with van der Waals surface area (Å²) in [5.74, 6) is 1.97. The molecule has 34 heavy (non-hydrogen) atoms. The lowest BCUT2D eigenvalue weighted by molar-refractivity contribution is 0.306. The maximum atomic E-state index is 12.5. The van der Waals surface area contributed by atoms with Gasteiger partial charge in [-0.05, 0) is 61.4 Å². The van der Waals surface area contributed by atoms with Gasteiger partial charge in [0.2, 0.25) is 15.9 Å². The zero-order chi connectivity index (χ0) is 24.3. The number of rotatable bonds is 9. The Morgan fingerprint density at radius 3 is 2.50 bits per heavy atom. The fourth-order valence-corrected chi connectivity index (χ4v) is 4.40. The lowest BCUT2D eigenvalue weighted by atomic mass is 10.1. The molecule has 0 aliphatic rings. The molecule has 0 radical (unpaired) electrons. The van der Waals surface area contributed by atoms with Crippen LogP contribution in [0.5, 0.6) is 17.4 Å². The van der Waals surface area contributed by atoms with E-state index in [4.69, 9.17) is 14.2 Å². The van der Waals surface area contributed by atoms with Gasteiger partial charge in [0, 0.05) is 12.6 Å². The second kappa shape index (κ2) is 9.65. The highest BCUT2D eigenvalue weighted by molar-refractivity contribution is 7.89. The lowest BCUT2D eigenvalue weighted by Crippen LogP contribution is -2.28. The zero-order valence-electron chi connectivity index (χ0n) is 19.3. The van der Waals surface area contributed by atoms with Gasteiger partial charge >= 0.3 is 0 Å². The first-order chi connectivity index (χ1) is 16.3. The number of sulfonamides is 1. The van der Waals surface area contributed by atoms with Gasteiger partial charge in [-0.15, -0.1) is 15.3 Å². The molecule has 11 heteroatoms. The van der Waals surface area contributed by atoms with Crippen LogP contribution in [0.3, 0.4) is 0 Å². The van der Waals surface area contributed by atoms with Crippen LogP contribution in [0.2, 0.25) is 0 Å². The third-order valence-electron chi connectivity index (χ3n) is 5.32. The van der Waals surface area contributed by atoms with Crippen molar-refractivity contribution in [3.05, 3.63) is 59.7 Å². The highest BCUT2D eigenvalue weighted by atomic mass is 32.2. The third kappa shape index (κ3) is 4.80. The number of fused-ring (bicyclic) bond motifs is 1. The molecule has 2 heterocycles. The number of benzene rings is 2. The van der Waals surface area contributed by atoms with E-state index in [1.54, 1.807) is 62.8 Å². The van der Waals surface area contributed by atoms with Crippen molar-refractivity contribution in [2.45, 2.75) is 18.7 Å². The van der Waals surface area contributed by atoms with E-state index >= 15 is 0 Å². The topological polar surface area (TPSA) is 117 Å². The Bertz CT molecular complexity index is 1440. The van der Waals surface area contributed by atoms with Gasteiger partial charge in [0.05, 0.1) is 24.7 Å². The van der Waals surface area contributed by atoms with E-state index in [1.807, 2.05) is 13.8 Å². The molecule has 0 saturated carbocycles. The summed E-state index contributed by atoms with van der Waals surface area (Å²) in [5, 5.41) is 12.8. The molecular weight excluding hydrogens is 458 g/mol.